The minimum Gasteiger partial charge on any atom is -0.439 e. The quantitative estimate of drug-likeness (QED) is 0.391. The van der Waals surface area contributed by atoms with Crippen LogP contribution in [-0.2, 0) is 12.8 Å². The molecule has 0 saturated carbocycles. The van der Waals surface area contributed by atoms with Crippen LogP contribution in [0.25, 0.3) is 0 Å². The molecular formula is C15H18N4OS. The smallest absolute Gasteiger partial charge is 0.225 e. The summed E-state index contributed by atoms with van der Waals surface area (Å²) in [5.74, 6) is 7.27. The van der Waals surface area contributed by atoms with E-state index in [4.69, 9.17) is 10.6 Å². The van der Waals surface area contributed by atoms with Crippen molar-refractivity contribution in [2.45, 2.75) is 30.8 Å². The van der Waals surface area contributed by atoms with Crippen molar-refractivity contribution in [1.29, 1.82) is 0 Å². The summed E-state index contributed by atoms with van der Waals surface area (Å²) < 4.78 is 5.87. The highest BCUT2D eigenvalue weighted by Gasteiger charge is 2.11. The Morgan fingerprint density at radius 1 is 1.14 bits per heavy atom. The molecule has 0 radical (unpaired) electrons. The van der Waals surface area contributed by atoms with E-state index in [-0.39, 0.29) is 0 Å². The van der Waals surface area contributed by atoms with Gasteiger partial charge in [0.15, 0.2) is 5.16 Å². The van der Waals surface area contributed by atoms with Crippen LogP contribution < -0.4 is 16.0 Å². The zero-order chi connectivity index (χ0) is 14.7. The fraction of sp³-hybridized carbons (Fsp3) is 0.333. The molecule has 5 nitrogen and oxygen atoms in total. The molecule has 6 heteroatoms. The largest absolute Gasteiger partial charge is 0.439 e. The van der Waals surface area contributed by atoms with Gasteiger partial charge in [-0.05, 0) is 55.2 Å². The van der Waals surface area contributed by atoms with Gasteiger partial charge in [-0.25, -0.2) is 10.8 Å². The Bertz CT molecular complexity index is 625. The number of hydrogen-bond donors (Lipinski definition) is 2. The summed E-state index contributed by atoms with van der Waals surface area (Å²) in [4.78, 5) is 8.56. The molecule has 21 heavy (non-hydrogen) atoms. The van der Waals surface area contributed by atoms with Gasteiger partial charge in [-0.3, -0.25) is 0 Å². The Morgan fingerprint density at radius 2 is 1.95 bits per heavy atom. The molecular weight excluding hydrogens is 284 g/mol. The zero-order valence-corrected chi connectivity index (χ0v) is 12.7. The fourth-order valence-corrected chi connectivity index (χ4v) is 2.89. The third-order valence-corrected chi connectivity index (χ3v) is 4.10. The van der Waals surface area contributed by atoms with Crippen LogP contribution in [0, 0.1) is 0 Å². The third kappa shape index (κ3) is 3.28. The Hall–Kier alpha value is -1.79. The van der Waals surface area contributed by atoms with Crippen molar-refractivity contribution in [1.82, 2.24) is 9.97 Å². The van der Waals surface area contributed by atoms with E-state index in [1.807, 2.05) is 12.3 Å². The van der Waals surface area contributed by atoms with Gasteiger partial charge < -0.3 is 10.2 Å². The number of hydrazine groups is 1. The molecule has 1 aliphatic carbocycles. The Labute approximate surface area is 128 Å². The number of benzene rings is 1. The predicted molar refractivity (Wildman–Crippen MR) is 84.8 cm³/mol. The minimum atomic E-state index is 0.498. The van der Waals surface area contributed by atoms with Gasteiger partial charge in [0.05, 0.1) is 0 Å². The van der Waals surface area contributed by atoms with E-state index in [9.17, 15) is 0 Å². The van der Waals surface area contributed by atoms with Crippen LogP contribution in [0.4, 0.5) is 5.82 Å². The average Bonchev–Trinajstić information content (AvgIpc) is 2.54. The highest BCUT2D eigenvalue weighted by atomic mass is 32.2. The molecule has 1 aromatic carbocycles. The lowest BCUT2D eigenvalue weighted by Crippen LogP contribution is -2.09. The first kappa shape index (κ1) is 14.2. The van der Waals surface area contributed by atoms with Crippen LogP contribution in [-0.4, -0.2) is 16.2 Å². The molecule has 2 aromatic rings. The lowest BCUT2D eigenvalue weighted by Gasteiger charge is -2.16. The molecule has 0 bridgehead atoms. The molecule has 0 amide bonds. The second kappa shape index (κ2) is 6.32. The Kier molecular flexibility index (Phi) is 4.26. The average molecular weight is 302 g/mol. The molecule has 1 aromatic heterocycles. The maximum Gasteiger partial charge on any atom is 0.225 e. The van der Waals surface area contributed by atoms with Crippen molar-refractivity contribution < 1.29 is 4.74 Å². The molecule has 3 rings (SSSR count). The second-order valence-electron chi connectivity index (χ2n) is 4.96. The number of fused-ring (bicyclic) bond motifs is 1. The monoisotopic (exact) mass is 302 g/mol. The van der Waals surface area contributed by atoms with E-state index in [1.54, 1.807) is 6.07 Å². The van der Waals surface area contributed by atoms with Gasteiger partial charge in [0.1, 0.15) is 11.6 Å². The fourth-order valence-electron chi connectivity index (χ4n) is 2.52. The van der Waals surface area contributed by atoms with E-state index in [0.29, 0.717) is 16.9 Å². The molecule has 1 heterocycles. The van der Waals surface area contributed by atoms with Crippen molar-refractivity contribution in [2.24, 2.45) is 5.84 Å². The number of aromatic nitrogens is 2. The van der Waals surface area contributed by atoms with Crippen molar-refractivity contribution >= 4 is 17.6 Å². The summed E-state index contributed by atoms with van der Waals surface area (Å²) in [6, 6.07) is 7.97. The SMILES string of the molecule is CSc1nc(NN)cc(Oc2ccc3c(c2)CCCC3)n1. The number of rotatable bonds is 4. The van der Waals surface area contributed by atoms with Gasteiger partial charge >= 0.3 is 0 Å². The van der Waals surface area contributed by atoms with Crippen molar-refractivity contribution in [3.8, 4) is 11.6 Å². The van der Waals surface area contributed by atoms with Crippen LogP contribution >= 0.6 is 11.8 Å². The van der Waals surface area contributed by atoms with E-state index >= 15 is 0 Å². The number of ether oxygens (including phenoxy) is 1. The van der Waals surface area contributed by atoms with Gasteiger partial charge in [0.25, 0.3) is 0 Å². The van der Waals surface area contributed by atoms with E-state index in [1.165, 1.54) is 42.2 Å². The summed E-state index contributed by atoms with van der Waals surface area (Å²) in [6.07, 6.45) is 6.74. The molecule has 3 N–H and O–H groups in total. The van der Waals surface area contributed by atoms with Crippen molar-refractivity contribution in [3.63, 3.8) is 0 Å². The highest BCUT2D eigenvalue weighted by molar-refractivity contribution is 7.98. The van der Waals surface area contributed by atoms with Gasteiger partial charge in [0.2, 0.25) is 5.88 Å². The van der Waals surface area contributed by atoms with Crippen LogP contribution in [0.2, 0.25) is 0 Å². The van der Waals surface area contributed by atoms with Gasteiger partial charge in [0, 0.05) is 6.07 Å². The molecule has 0 spiro atoms. The molecule has 0 saturated heterocycles. The highest BCUT2D eigenvalue weighted by Crippen LogP contribution is 2.29. The number of hydrogen-bond acceptors (Lipinski definition) is 6. The standard InChI is InChI=1S/C15H18N4OS/c1-21-15-17-13(19-16)9-14(18-15)20-12-7-6-10-4-2-3-5-11(10)8-12/h6-9H,2-5,16H2,1H3,(H,17,18,19). The first-order valence-corrected chi connectivity index (χ1v) is 8.20. The van der Waals surface area contributed by atoms with Crippen LogP contribution in [0.5, 0.6) is 11.6 Å². The van der Waals surface area contributed by atoms with E-state index in [0.717, 1.165) is 12.2 Å². The van der Waals surface area contributed by atoms with Crippen molar-refractivity contribution in [3.05, 3.63) is 35.4 Å². The summed E-state index contributed by atoms with van der Waals surface area (Å²) >= 11 is 1.45. The number of anilines is 1. The summed E-state index contributed by atoms with van der Waals surface area (Å²) in [5.41, 5.74) is 5.35. The molecule has 110 valence electrons. The molecule has 0 aliphatic heterocycles. The number of thioether (sulfide) groups is 1. The van der Waals surface area contributed by atoms with Crippen molar-refractivity contribution in [2.75, 3.05) is 11.7 Å². The number of nitrogens with zero attached hydrogens (tertiary/aromatic N) is 2. The van der Waals surface area contributed by atoms with Crippen LogP contribution in [0.3, 0.4) is 0 Å². The predicted octanol–water partition coefficient (Wildman–Crippen LogP) is 3.16. The maximum absolute atomic E-state index is 5.87. The lowest BCUT2D eigenvalue weighted by atomic mass is 9.92. The summed E-state index contributed by atoms with van der Waals surface area (Å²) in [5, 5.41) is 0.624. The van der Waals surface area contributed by atoms with Crippen LogP contribution in [0.15, 0.2) is 29.4 Å². The number of nitrogen functional groups attached to an aromatic ring is 1. The summed E-state index contributed by atoms with van der Waals surface area (Å²) in [6.45, 7) is 0. The van der Waals surface area contributed by atoms with E-state index < -0.39 is 0 Å². The topological polar surface area (TPSA) is 73.1 Å². The number of aryl methyl sites for hydroxylation is 2. The Morgan fingerprint density at radius 3 is 2.71 bits per heavy atom. The van der Waals surface area contributed by atoms with Gasteiger partial charge in [-0.2, -0.15) is 4.98 Å². The van der Waals surface area contributed by atoms with Crippen LogP contribution in [0.1, 0.15) is 24.0 Å². The molecule has 1 aliphatic rings. The second-order valence-corrected chi connectivity index (χ2v) is 5.74. The molecule has 0 fully saturated rings. The maximum atomic E-state index is 5.87. The first-order valence-electron chi connectivity index (χ1n) is 6.98. The lowest BCUT2D eigenvalue weighted by molar-refractivity contribution is 0.454. The van der Waals surface area contributed by atoms with Gasteiger partial charge in [-0.15, -0.1) is 0 Å². The minimum absolute atomic E-state index is 0.498. The zero-order valence-electron chi connectivity index (χ0n) is 11.9. The number of nitrogens with one attached hydrogen (secondary N) is 1. The molecule has 0 unspecified atom stereocenters. The van der Waals surface area contributed by atoms with Gasteiger partial charge in [-0.1, -0.05) is 17.8 Å². The van der Waals surface area contributed by atoms with E-state index in [2.05, 4.69) is 27.5 Å². The third-order valence-electron chi connectivity index (χ3n) is 3.55. The number of nitrogens with two attached hydrogens (primary N) is 1. The Balaban J connectivity index is 1.86. The first-order chi connectivity index (χ1) is 10.3. The normalized spacial score (nSPS) is 13.6. The molecule has 0 atom stereocenters. The summed E-state index contributed by atoms with van der Waals surface area (Å²) in [7, 11) is 0.